The van der Waals surface area contributed by atoms with Crippen molar-refractivity contribution >= 4 is 0 Å². The Morgan fingerprint density at radius 1 is 0.926 bits per heavy atom. The van der Waals surface area contributed by atoms with Gasteiger partial charge in [-0.1, -0.05) is 42.5 Å². The van der Waals surface area contributed by atoms with E-state index in [1.54, 1.807) is 24.5 Å². The molecule has 4 rings (SSSR count). The standard InChI is InChI=1S/C23H23FN2O/c24-22-9-7-20(8-10-22)19-5-3-18(4-6-19)17-26-14-11-23(27,12-15-26)21-2-1-13-25-16-21/h1-10,13,16,27H,11-12,14-15,17H2. The maximum absolute atomic E-state index is 13.1. The molecule has 1 aliphatic rings. The summed E-state index contributed by atoms with van der Waals surface area (Å²) in [6.07, 6.45) is 4.93. The number of aromatic nitrogens is 1. The second kappa shape index (κ2) is 7.59. The molecule has 0 amide bonds. The number of halogens is 1. The highest BCUT2D eigenvalue weighted by Crippen LogP contribution is 2.32. The zero-order valence-corrected chi connectivity index (χ0v) is 15.2. The molecule has 0 bridgehead atoms. The van der Waals surface area contributed by atoms with Gasteiger partial charge in [-0.25, -0.2) is 4.39 Å². The third-order valence-electron chi connectivity index (χ3n) is 5.42. The minimum absolute atomic E-state index is 0.216. The summed E-state index contributed by atoms with van der Waals surface area (Å²) in [5.74, 6) is -0.216. The van der Waals surface area contributed by atoms with Gasteiger partial charge in [-0.15, -0.1) is 0 Å². The van der Waals surface area contributed by atoms with Gasteiger partial charge in [0.25, 0.3) is 0 Å². The monoisotopic (exact) mass is 362 g/mol. The Labute approximate surface area is 159 Å². The molecule has 0 atom stereocenters. The van der Waals surface area contributed by atoms with Crippen molar-refractivity contribution in [2.45, 2.75) is 25.0 Å². The Bertz CT molecular complexity index is 871. The predicted octanol–water partition coefficient (Wildman–Crippen LogP) is 4.37. The molecule has 1 fully saturated rings. The van der Waals surface area contributed by atoms with Crippen LogP contribution in [0.3, 0.4) is 0 Å². The van der Waals surface area contributed by atoms with E-state index in [4.69, 9.17) is 0 Å². The van der Waals surface area contributed by atoms with Crippen LogP contribution in [0, 0.1) is 5.82 Å². The van der Waals surface area contributed by atoms with Gasteiger partial charge in [-0.3, -0.25) is 9.88 Å². The smallest absolute Gasteiger partial charge is 0.123 e. The van der Waals surface area contributed by atoms with E-state index in [1.807, 2.05) is 12.1 Å². The van der Waals surface area contributed by atoms with Gasteiger partial charge in [0, 0.05) is 37.6 Å². The van der Waals surface area contributed by atoms with E-state index in [-0.39, 0.29) is 5.82 Å². The molecule has 138 valence electrons. The van der Waals surface area contributed by atoms with Crippen LogP contribution in [-0.4, -0.2) is 28.1 Å². The Kier molecular flexibility index (Phi) is 5.01. The molecule has 3 aromatic rings. The van der Waals surface area contributed by atoms with Crippen LogP contribution in [0.1, 0.15) is 24.0 Å². The van der Waals surface area contributed by atoms with Crippen molar-refractivity contribution in [1.82, 2.24) is 9.88 Å². The number of pyridine rings is 1. The molecule has 2 aromatic carbocycles. The molecule has 2 heterocycles. The minimum Gasteiger partial charge on any atom is -0.385 e. The Morgan fingerprint density at radius 3 is 2.15 bits per heavy atom. The first-order valence-electron chi connectivity index (χ1n) is 9.33. The highest BCUT2D eigenvalue weighted by atomic mass is 19.1. The number of benzene rings is 2. The number of nitrogens with zero attached hydrogens (tertiary/aromatic N) is 2. The van der Waals surface area contributed by atoms with Crippen LogP contribution in [0.15, 0.2) is 73.1 Å². The van der Waals surface area contributed by atoms with Gasteiger partial charge in [0.2, 0.25) is 0 Å². The van der Waals surface area contributed by atoms with E-state index >= 15 is 0 Å². The van der Waals surface area contributed by atoms with Crippen molar-refractivity contribution in [2.75, 3.05) is 13.1 Å². The van der Waals surface area contributed by atoms with E-state index < -0.39 is 5.60 Å². The van der Waals surface area contributed by atoms with Crippen LogP contribution in [0.5, 0.6) is 0 Å². The quantitative estimate of drug-likeness (QED) is 0.749. The van der Waals surface area contributed by atoms with Gasteiger partial charge in [-0.2, -0.15) is 0 Å². The first-order chi connectivity index (χ1) is 13.1. The average Bonchev–Trinajstić information content (AvgIpc) is 2.72. The largest absolute Gasteiger partial charge is 0.385 e. The maximum atomic E-state index is 13.1. The molecule has 1 N–H and O–H groups in total. The number of likely N-dealkylation sites (tertiary alicyclic amines) is 1. The van der Waals surface area contributed by atoms with Crippen molar-refractivity contribution in [3.05, 3.63) is 90.0 Å². The summed E-state index contributed by atoms with van der Waals surface area (Å²) in [7, 11) is 0. The molecule has 0 saturated carbocycles. The zero-order chi connectivity index (χ0) is 18.7. The Hall–Kier alpha value is -2.56. The molecule has 0 unspecified atom stereocenters. The van der Waals surface area contributed by atoms with Crippen LogP contribution in [0.25, 0.3) is 11.1 Å². The van der Waals surface area contributed by atoms with Crippen LogP contribution >= 0.6 is 0 Å². The fourth-order valence-corrected chi connectivity index (χ4v) is 3.71. The normalized spacial score (nSPS) is 17.0. The number of hydrogen-bond donors (Lipinski definition) is 1. The highest BCUT2D eigenvalue weighted by molar-refractivity contribution is 5.63. The number of hydrogen-bond acceptors (Lipinski definition) is 3. The zero-order valence-electron chi connectivity index (χ0n) is 15.2. The molecule has 1 saturated heterocycles. The van der Waals surface area contributed by atoms with Crippen LogP contribution in [0.2, 0.25) is 0 Å². The maximum Gasteiger partial charge on any atom is 0.123 e. The third-order valence-corrected chi connectivity index (χ3v) is 5.42. The van der Waals surface area contributed by atoms with Crippen molar-refractivity contribution < 1.29 is 9.50 Å². The van der Waals surface area contributed by atoms with Crippen LogP contribution < -0.4 is 0 Å². The molecule has 4 heteroatoms. The van der Waals surface area contributed by atoms with E-state index in [9.17, 15) is 9.50 Å². The molecular weight excluding hydrogens is 339 g/mol. The predicted molar refractivity (Wildman–Crippen MR) is 104 cm³/mol. The summed E-state index contributed by atoms with van der Waals surface area (Å²) in [5, 5.41) is 10.9. The van der Waals surface area contributed by atoms with E-state index in [0.717, 1.165) is 36.3 Å². The lowest BCUT2D eigenvalue weighted by Crippen LogP contribution is -2.42. The topological polar surface area (TPSA) is 36.4 Å². The van der Waals surface area contributed by atoms with Crippen LogP contribution in [-0.2, 0) is 12.1 Å². The first-order valence-corrected chi connectivity index (χ1v) is 9.33. The Morgan fingerprint density at radius 2 is 1.56 bits per heavy atom. The number of piperidine rings is 1. The van der Waals surface area contributed by atoms with Gasteiger partial charge in [0.05, 0.1) is 5.60 Å². The lowest BCUT2D eigenvalue weighted by molar-refractivity contribution is -0.0279. The summed E-state index contributed by atoms with van der Waals surface area (Å²) < 4.78 is 13.1. The van der Waals surface area contributed by atoms with Crippen molar-refractivity contribution in [2.24, 2.45) is 0 Å². The first kappa shape index (κ1) is 17.8. The number of aliphatic hydroxyl groups is 1. The Balaban J connectivity index is 1.37. The van der Waals surface area contributed by atoms with Crippen molar-refractivity contribution in [3.63, 3.8) is 0 Å². The molecule has 0 aliphatic carbocycles. The third kappa shape index (κ3) is 4.07. The lowest BCUT2D eigenvalue weighted by atomic mass is 9.85. The summed E-state index contributed by atoms with van der Waals surface area (Å²) in [5.41, 5.74) is 3.49. The van der Waals surface area contributed by atoms with E-state index in [2.05, 4.69) is 34.1 Å². The second-order valence-corrected chi connectivity index (χ2v) is 7.25. The van der Waals surface area contributed by atoms with Crippen LogP contribution in [0.4, 0.5) is 4.39 Å². The minimum atomic E-state index is -0.767. The summed E-state index contributed by atoms with van der Waals surface area (Å²) in [4.78, 5) is 6.51. The molecule has 1 aromatic heterocycles. The molecule has 3 nitrogen and oxygen atoms in total. The van der Waals surface area contributed by atoms with Gasteiger partial charge < -0.3 is 5.11 Å². The molecule has 27 heavy (non-hydrogen) atoms. The lowest BCUT2D eigenvalue weighted by Gasteiger charge is -2.38. The van der Waals surface area contributed by atoms with E-state index in [0.29, 0.717) is 12.8 Å². The van der Waals surface area contributed by atoms with Crippen molar-refractivity contribution in [3.8, 4) is 11.1 Å². The molecule has 1 aliphatic heterocycles. The molecule has 0 radical (unpaired) electrons. The highest BCUT2D eigenvalue weighted by Gasteiger charge is 2.33. The second-order valence-electron chi connectivity index (χ2n) is 7.25. The van der Waals surface area contributed by atoms with Gasteiger partial charge in [0.15, 0.2) is 0 Å². The summed E-state index contributed by atoms with van der Waals surface area (Å²) in [6, 6.07) is 18.8. The average molecular weight is 362 g/mol. The van der Waals surface area contributed by atoms with Gasteiger partial charge in [-0.05, 0) is 47.7 Å². The molecular formula is C23H23FN2O. The SMILES string of the molecule is OC1(c2cccnc2)CCN(Cc2ccc(-c3ccc(F)cc3)cc2)CC1. The fourth-order valence-electron chi connectivity index (χ4n) is 3.71. The van der Waals surface area contributed by atoms with Crippen molar-refractivity contribution in [1.29, 1.82) is 0 Å². The summed E-state index contributed by atoms with van der Waals surface area (Å²) >= 11 is 0. The van der Waals surface area contributed by atoms with Gasteiger partial charge in [0.1, 0.15) is 5.82 Å². The molecule has 0 spiro atoms. The number of rotatable bonds is 4. The fraction of sp³-hybridized carbons (Fsp3) is 0.261. The van der Waals surface area contributed by atoms with Gasteiger partial charge >= 0.3 is 0 Å². The summed E-state index contributed by atoms with van der Waals surface area (Å²) in [6.45, 7) is 2.57. The van der Waals surface area contributed by atoms with E-state index in [1.165, 1.54) is 17.7 Å².